The molecule has 7 nitrogen and oxygen atoms in total. The number of carbonyl (C=O) groups excluding carboxylic acids is 1. The molecule has 0 bridgehead atoms. The van der Waals surface area contributed by atoms with E-state index in [9.17, 15) is 9.90 Å². The van der Waals surface area contributed by atoms with Crippen molar-refractivity contribution >= 4 is 17.2 Å². The highest BCUT2D eigenvalue weighted by molar-refractivity contribution is 7.09. The maximum absolute atomic E-state index is 11.6. The standard InChI is InChI=1S/C13H19N5O2S/c1-13(2,20)10-7-18(16-15-10)6-9-8-21-11(14-9)5-12(19)17(3)4/h7-8,20H,5-6H2,1-4H3. The number of aliphatic hydroxyl groups is 1. The second-order valence-corrected chi connectivity index (χ2v) is 6.50. The van der Waals surface area contributed by atoms with Crippen molar-refractivity contribution in [2.24, 2.45) is 0 Å². The minimum Gasteiger partial charge on any atom is -0.384 e. The SMILES string of the molecule is CN(C)C(=O)Cc1nc(Cn2cc(C(C)(C)O)nn2)cs1. The summed E-state index contributed by atoms with van der Waals surface area (Å²) >= 11 is 1.46. The van der Waals surface area contributed by atoms with E-state index in [1.807, 2.05) is 5.38 Å². The van der Waals surface area contributed by atoms with E-state index in [2.05, 4.69) is 15.3 Å². The number of likely N-dealkylation sites (N-methyl/N-ethyl adjacent to an activating group) is 1. The predicted octanol–water partition coefficient (Wildman–Crippen LogP) is 0.641. The van der Waals surface area contributed by atoms with Gasteiger partial charge < -0.3 is 10.0 Å². The van der Waals surface area contributed by atoms with Crippen molar-refractivity contribution in [2.75, 3.05) is 14.1 Å². The van der Waals surface area contributed by atoms with Gasteiger partial charge in [0.05, 0.1) is 24.9 Å². The minimum atomic E-state index is -1.01. The zero-order chi connectivity index (χ0) is 15.6. The minimum absolute atomic E-state index is 0.0287. The summed E-state index contributed by atoms with van der Waals surface area (Å²) < 4.78 is 1.62. The van der Waals surface area contributed by atoms with Crippen molar-refractivity contribution in [2.45, 2.75) is 32.4 Å². The molecular formula is C13H19N5O2S. The Kier molecular flexibility index (Phi) is 4.38. The Hall–Kier alpha value is -1.80. The van der Waals surface area contributed by atoms with E-state index >= 15 is 0 Å². The highest BCUT2D eigenvalue weighted by Crippen LogP contribution is 2.17. The van der Waals surface area contributed by atoms with Gasteiger partial charge in [0.1, 0.15) is 16.3 Å². The maximum Gasteiger partial charge on any atom is 0.228 e. The molecule has 2 aromatic rings. The lowest BCUT2D eigenvalue weighted by atomic mass is 10.1. The molecule has 0 aromatic carbocycles. The largest absolute Gasteiger partial charge is 0.384 e. The fraction of sp³-hybridized carbons (Fsp3) is 0.538. The maximum atomic E-state index is 11.6. The highest BCUT2D eigenvalue weighted by atomic mass is 32.1. The van der Waals surface area contributed by atoms with Crippen molar-refractivity contribution in [1.29, 1.82) is 0 Å². The number of aromatic nitrogens is 4. The Morgan fingerprint density at radius 2 is 2.19 bits per heavy atom. The molecule has 8 heteroatoms. The number of thiazole rings is 1. The van der Waals surface area contributed by atoms with Crippen LogP contribution in [0.25, 0.3) is 0 Å². The summed E-state index contributed by atoms with van der Waals surface area (Å²) in [5.41, 5.74) is 0.332. The van der Waals surface area contributed by atoms with Crippen LogP contribution in [0.1, 0.15) is 30.2 Å². The van der Waals surface area contributed by atoms with E-state index in [0.29, 0.717) is 18.7 Å². The first-order valence-electron chi connectivity index (χ1n) is 6.52. The van der Waals surface area contributed by atoms with E-state index in [-0.39, 0.29) is 5.91 Å². The molecule has 2 heterocycles. The molecule has 1 N–H and O–H groups in total. The summed E-state index contributed by atoms with van der Waals surface area (Å²) in [5, 5.41) is 20.5. The molecule has 0 unspecified atom stereocenters. The molecule has 0 aliphatic carbocycles. The molecule has 21 heavy (non-hydrogen) atoms. The zero-order valence-corrected chi connectivity index (χ0v) is 13.4. The Morgan fingerprint density at radius 3 is 2.76 bits per heavy atom. The number of rotatable bonds is 5. The average molecular weight is 309 g/mol. The normalized spacial score (nSPS) is 11.7. The second-order valence-electron chi connectivity index (χ2n) is 5.56. The van der Waals surface area contributed by atoms with Crippen molar-refractivity contribution in [3.05, 3.63) is 28.0 Å². The van der Waals surface area contributed by atoms with Gasteiger partial charge in [0.2, 0.25) is 5.91 Å². The summed E-state index contributed by atoms with van der Waals surface area (Å²) in [7, 11) is 3.45. The fourth-order valence-electron chi connectivity index (χ4n) is 1.61. The van der Waals surface area contributed by atoms with Crippen molar-refractivity contribution in [3.63, 3.8) is 0 Å². The average Bonchev–Trinajstić information content (AvgIpc) is 2.98. The molecule has 0 saturated carbocycles. The van der Waals surface area contributed by atoms with Crippen LogP contribution in [0.3, 0.4) is 0 Å². The third-order valence-electron chi connectivity index (χ3n) is 2.89. The van der Waals surface area contributed by atoms with E-state index in [1.54, 1.807) is 43.7 Å². The van der Waals surface area contributed by atoms with Gasteiger partial charge in [0.15, 0.2) is 0 Å². The Morgan fingerprint density at radius 1 is 1.48 bits per heavy atom. The molecule has 0 aliphatic rings. The lowest BCUT2D eigenvalue weighted by molar-refractivity contribution is -0.127. The lowest BCUT2D eigenvalue weighted by Gasteiger charge is -2.11. The van der Waals surface area contributed by atoms with Crippen LogP contribution >= 0.6 is 11.3 Å². The summed E-state index contributed by atoms with van der Waals surface area (Å²) in [6, 6.07) is 0. The van der Waals surface area contributed by atoms with E-state index in [1.165, 1.54) is 11.3 Å². The highest BCUT2D eigenvalue weighted by Gasteiger charge is 2.20. The fourth-order valence-corrected chi connectivity index (χ4v) is 2.39. The van der Waals surface area contributed by atoms with Crippen LogP contribution in [0.15, 0.2) is 11.6 Å². The van der Waals surface area contributed by atoms with Gasteiger partial charge in [-0.05, 0) is 13.8 Å². The number of carbonyl (C=O) groups is 1. The predicted molar refractivity (Wildman–Crippen MR) is 78.9 cm³/mol. The molecule has 1 amide bonds. The van der Waals surface area contributed by atoms with Crippen LogP contribution in [-0.2, 0) is 23.4 Å². The smallest absolute Gasteiger partial charge is 0.228 e. The topological polar surface area (TPSA) is 84.1 Å². The zero-order valence-electron chi connectivity index (χ0n) is 12.6. The van der Waals surface area contributed by atoms with Gasteiger partial charge in [-0.1, -0.05) is 5.21 Å². The first-order valence-corrected chi connectivity index (χ1v) is 7.40. The van der Waals surface area contributed by atoms with Crippen molar-refractivity contribution < 1.29 is 9.90 Å². The molecule has 2 aromatic heterocycles. The van der Waals surface area contributed by atoms with Crippen LogP contribution in [0.2, 0.25) is 0 Å². The molecule has 0 radical (unpaired) electrons. The van der Waals surface area contributed by atoms with Gasteiger partial charge in [0, 0.05) is 19.5 Å². The Balaban J connectivity index is 2.02. The van der Waals surface area contributed by atoms with Crippen LogP contribution < -0.4 is 0 Å². The van der Waals surface area contributed by atoms with Crippen molar-refractivity contribution in [1.82, 2.24) is 24.9 Å². The number of nitrogens with zero attached hydrogens (tertiary/aromatic N) is 5. The van der Waals surface area contributed by atoms with Gasteiger partial charge in [-0.25, -0.2) is 9.67 Å². The third-order valence-corrected chi connectivity index (χ3v) is 3.79. The van der Waals surface area contributed by atoms with Gasteiger partial charge in [0.25, 0.3) is 0 Å². The van der Waals surface area contributed by atoms with E-state index in [0.717, 1.165) is 10.7 Å². The van der Waals surface area contributed by atoms with Crippen LogP contribution in [0, 0.1) is 0 Å². The van der Waals surface area contributed by atoms with Crippen LogP contribution in [0.4, 0.5) is 0 Å². The first kappa shape index (κ1) is 15.6. The molecule has 0 saturated heterocycles. The molecule has 0 aliphatic heterocycles. The molecule has 114 valence electrons. The van der Waals surface area contributed by atoms with Gasteiger partial charge in [-0.15, -0.1) is 16.4 Å². The van der Waals surface area contributed by atoms with Crippen LogP contribution in [-0.4, -0.2) is 50.0 Å². The van der Waals surface area contributed by atoms with E-state index in [4.69, 9.17) is 0 Å². The first-order chi connectivity index (χ1) is 9.75. The summed E-state index contributed by atoms with van der Waals surface area (Å²) in [6.45, 7) is 3.79. The molecule has 0 atom stereocenters. The lowest BCUT2D eigenvalue weighted by Crippen LogP contribution is -2.23. The summed E-state index contributed by atoms with van der Waals surface area (Å²) in [6.07, 6.45) is 2.01. The monoisotopic (exact) mass is 309 g/mol. The summed E-state index contributed by atoms with van der Waals surface area (Å²) in [5.74, 6) is 0.0287. The van der Waals surface area contributed by atoms with Gasteiger partial charge in [-0.2, -0.15) is 0 Å². The van der Waals surface area contributed by atoms with Crippen molar-refractivity contribution in [3.8, 4) is 0 Å². The van der Waals surface area contributed by atoms with E-state index < -0.39 is 5.60 Å². The van der Waals surface area contributed by atoms with Gasteiger partial charge in [-0.3, -0.25) is 4.79 Å². The summed E-state index contributed by atoms with van der Waals surface area (Å²) in [4.78, 5) is 17.6. The Labute approximate surface area is 127 Å². The van der Waals surface area contributed by atoms with Gasteiger partial charge >= 0.3 is 0 Å². The number of hydrogen-bond acceptors (Lipinski definition) is 6. The molecule has 2 rings (SSSR count). The van der Waals surface area contributed by atoms with Crippen LogP contribution in [0.5, 0.6) is 0 Å². The number of amides is 1. The third kappa shape index (κ3) is 4.08. The Bertz CT molecular complexity index is 627. The molecule has 0 spiro atoms. The molecular weight excluding hydrogens is 290 g/mol. The molecule has 0 fully saturated rings. The number of hydrogen-bond donors (Lipinski definition) is 1. The second kappa shape index (κ2) is 5.90. The quantitative estimate of drug-likeness (QED) is 0.876.